The highest BCUT2D eigenvalue weighted by Gasteiger charge is 2.19. The van der Waals surface area contributed by atoms with Crippen LogP contribution in [0.2, 0.25) is 0 Å². The molecule has 0 radical (unpaired) electrons. The van der Waals surface area contributed by atoms with E-state index in [4.69, 9.17) is 19.9 Å². The molecule has 306 valence electrons. The van der Waals surface area contributed by atoms with Crippen LogP contribution in [0.1, 0.15) is 0 Å². The monoisotopic (exact) mass is 838 g/mol. The van der Waals surface area contributed by atoms with E-state index in [2.05, 4.69) is 231 Å². The molecule has 2 aromatic heterocycles. The van der Waals surface area contributed by atoms with Gasteiger partial charge < -0.3 is 0 Å². The first-order chi connectivity index (χ1) is 32.7. The molecule has 0 aliphatic heterocycles. The van der Waals surface area contributed by atoms with Gasteiger partial charge in [-0.25, -0.2) is 19.9 Å². The van der Waals surface area contributed by atoms with Crippen molar-refractivity contribution in [1.29, 1.82) is 0 Å². The van der Waals surface area contributed by atoms with E-state index in [9.17, 15) is 0 Å². The average Bonchev–Trinajstić information content (AvgIpc) is 3.40. The molecule has 0 saturated carbocycles. The summed E-state index contributed by atoms with van der Waals surface area (Å²) in [7, 11) is 0. The van der Waals surface area contributed by atoms with Crippen LogP contribution in [-0.4, -0.2) is 19.9 Å². The third-order valence-corrected chi connectivity index (χ3v) is 13.1. The zero-order valence-electron chi connectivity index (χ0n) is 35.7. The van der Waals surface area contributed by atoms with Crippen LogP contribution in [-0.2, 0) is 0 Å². The Morgan fingerprint density at radius 3 is 1.35 bits per heavy atom. The summed E-state index contributed by atoms with van der Waals surface area (Å²) in [5.74, 6) is 1.90. The van der Waals surface area contributed by atoms with Crippen molar-refractivity contribution in [1.82, 2.24) is 19.9 Å². The molecule has 0 bridgehead atoms. The van der Waals surface area contributed by atoms with Crippen molar-refractivity contribution in [3.8, 4) is 67.7 Å². The molecule has 0 atom stereocenters. The van der Waals surface area contributed by atoms with Gasteiger partial charge >= 0.3 is 0 Å². The Labute approximate surface area is 381 Å². The molecule has 0 spiro atoms. The number of rotatable bonds is 6. The highest BCUT2D eigenvalue weighted by atomic mass is 15.0. The van der Waals surface area contributed by atoms with Gasteiger partial charge in [-0.1, -0.05) is 206 Å². The van der Waals surface area contributed by atoms with E-state index in [0.717, 1.165) is 82.5 Å². The summed E-state index contributed by atoms with van der Waals surface area (Å²) in [6.45, 7) is 0. The van der Waals surface area contributed by atoms with Crippen LogP contribution in [0, 0.1) is 0 Å². The Kier molecular flexibility index (Phi) is 8.81. The molecule has 4 nitrogen and oxygen atoms in total. The van der Waals surface area contributed by atoms with Crippen LogP contribution in [0.3, 0.4) is 0 Å². The van der Waals surface area contributed by atoms with E-state index in [1.54, 1.807) is 0 Å². The first-order valence-corrected chi connectivity index (χ1v) is 22.4. The van der Waals surface area contributed by atoms with E-state index < -0.39 is 0 Å². The summed E-state index contributed by atoms with van der Waals surface area (Å²) in [4.78, 5) is 21.2. The minimum Gasteiger partial charge on any atom is -0.247 e. The lowest BCUT2D eigenvalue weighted by molar-refractivity contribution is 1.08. The van der Waals surface area contributed by atoms with Crippen molar-refractivity contribution in [2.45, 2.75) is 0 Å². The van der Waals surface area contributed by atoms with Crippen molar-refractivity contribution in [3.05, 3.63) is 231 Å². The van der Waals surface area contributed by atoms with Gasteiger partial charge in [-0.05, 0) is 89.6 Å². The molecule has 66 heavy (non-hydrogen) atoms. The molecule has 0 fully saturated rings. The molecule has 0 aliphatic carbocycles. The molecule has 0 saturated heterocycles. The van der Waals surface area contributed by atoms with Gasteiger partial charge in [0.15, 0.2) is 17.5 Å². The second-order valence-corrected chi connectivity index (χ2v) is 16.9. The fraction of sp³-hybridized carbons (Fsp3) is 0. The van der Waals surface area contributed by atoms with Gasteiger partial charge in [0.1, 0.15) is 0 Å². The van der Waals surface area contributed by atoms with Crippen LogP contribution < -0.4 is 0 Å². The SMILES string of the molecule is c1ccc(-c2nc3ccccc3c3c(-c4cccc(-c5ccc(-c6nc(-c7cc8ccccc8c8ccccc78)nc(-c7cc8ccccc8c8ccccc78)n6)cc5)c4)cccc23)cc1. The van der Waals surface area contributed by atoms with Gasteiger partial charge in [-0.15, -0.1) is 0 Å². The lowest BCUT2D eigenvalue weighted by atomic mass is 9.91. The maximum atomic E-state index is 5.35. The Morgan fingerprint density at radius 2 is 0.697 bits per heavy atom. The smallest absolute Gasteiger partial charge is 0.164 e. The molecule has 13 aromatic rings. The molecule has 0 unspecified atom stereocenters. The predicted octanol–water partition coefficient (Wildman–Crippen LogP) is 16.2. The lowest BCUT2D eigenvalue weighted by Crippen LogP contribution is -2.01. The first-order valence-electron chi connectivity index (χ1n) is 22.4. The summed E-state index contributed by atoms with van der Waals surface area (Å²) in [5.41, 5.74) is 10.5. The molecule has 0 N–H and O–H groups in total. The molecule has 11 aromatic carbocycles. The lowest BCUT2D eigenvalue weighted by Gasteiger charge is -2.15. The maximum absolute atomic E-state index is 5.35. The summed E-state index contributed by atoms with van der Waals surface area (Å²) in [6, 6.07) is 81.7. The van der Waals surface area contributed by atoms with Crippen LogP contribution in [0.15, 0.2) is 231 Å². The number of nitrogens with zero attached hydrogens (tertiary/aromatic N) is 4. The first kappa shape index (κ1) is 37.7. The van der Waals surface area contributed by atoms with E-state index in [-0.39, 0.29) is 0 Å². The Hall–Kier alpha value is -8.86. The van der Waals surface area contributed by atoms with E-state index >= 15 is 0 Å². The number of hydrogen-bond donors (Lipinski definition) is 0. The third kappa shape index (κ3) is 6.30. The van der Waals surface area contributed by atoms with Crippen LogP contribution in [0.4, 0.5) is 0 Å². The maximum Gasteiger partial charge on any atom is 0.164 e. The van der Waals surface area contributed by atoms with Gasteiger partial charge in [-0.3, -0.25) is 0 Å². The van der Waals surface area contributed by atoms with Crippen molar-refractivity contribution < 1.29 is 0 Å². The fourth-order valence-electron chi connectivity index (χ4n) is 9.96. The molecule has 0 aliphatic rings. The van der Waals surface area contributed by atoms with Crippen LogP contribution >= 0.6 is 0 Å². The topological polar surface area (TPSA) is 51.6 Å². The highest BCUT2D eigenvalue weighted by Crippen LogP contribution is 2.41. The summed E-state index contributed by atoms with van der Waals surface area (Å²) in [6.07, 6.45) is 0. The minimum absolute atomic E-state index is 0.621. The largest absolute Gasteiger partial charge is 0.247 e. The van der Waals surface area contributed by atoms with Crippen molar-refractivity contribution >= 4 is 64.8 Å². The zero-order valence-corrected chi connectivity index (χ0v) is 35.7. The second-order valence-electron chi connectivity index (χ2n) is 16.9. The minimum atomic E-state index is 0.621. The number of pyridine rings is 1. The van der Waals surface area contributed by atoms with Gasteiger partial charge in [0.25, 0.3) is 0 Å². The van der Waals surface area contributed by atoms with Crippen LogP contribution in [0.25, 0.3) is 132 Å². The Morgan fingerprint density at radius 1 is 0.227 bits per heavy atom. The standard InChI is InChI=1S/C62H38N4/c1-2-16-40(17-3-1)59-54-30-15-29-48(58(54)53-28-12-13-31-57(53)63-59)43-21-14-20-42(36-43)39-32-34-41(35-33-39)60-64-61(55-37-44-18-4-6-22-46(44)49-24-8-10-26-51(49)55)66-62(65-60)56-38-45-19-5-7-23-47(45)50-25-9-11-27-52(50)56/h1-38H. The highest BCUT2D eigenvalue weighted by molar-refractivity contribution is 6.18. The van der Waals surface area contributed by atoms with E-state index in [1.165, 1.54) is 32.5 Å². The molecule has 2 heterocycles. The predicted molar refractivity (Wildman–Crippen MR) is 275 cm³/mol. The summed E-state index contributed by atoms with van der Waals surface area (Å²) in [5, 5.41) is 12.7. The Bertz CT molecular complexity index is 3910. The molecule has 13 rings (SSSR count). The molecular weight excluding hydrogens is 801 g/mol. The van der Waals surface area contributed by atoms with E-state index in [1.807, 2.05) is 0 Å². The van der Waals surface area contributed by atoms with Gasteiger partial charge in [0, 0.05) is 38.4 Å². The van der Waals surface area contributed by atoms with Gasteiger partial charge in [-0.2, -0.15) is 0 Å². The average molecular weight is 839 g/mol. The third-order valence-electron chi connectivity index (χ3n) is 13.1. The normalized spacial score (nSPS) is 11.6. The molecular formula is C62H38N4. The number of hydrogen-bond acceptors (Lipinski definition) is 4. The van der Waals surface area contributed by atoms with Crippen molar-refractivity contribution in [2.24, 2.45) is 0 Å². The zero-order chi connectivity index (χ0) is 43.6. The van der Waals surface area contributed by atoms with Crippen molar-refractivity contribution in [2.75, 3.05) is 0 Å². The van der Waals surface area contributed by atoms with Crippen LogP contribution in [0.5, 0.6) is 0 Å². The Balaban J connectivity index is 0.959. The number of para-hydroxylation sites is 1. The second kappa shape index (κ2) is 15.4. The number of benzene rings is 11. The van der Waals surface area contributed by atoms with Crippen molar-refractivity contribution in [3.63, 3.8) is 0 Å². The number of fused-ring (bicyclic) bond motifs is 9. The number of aromatic nitrogens is 4. The quantitative estimate of drug-likeness (QED) is 0.157. The van der Waals surface area contributed by atoms with E-state index in [0.29, 0.717) is 17.5 Å². The molecule has 4 heteroatoms. The summed E-state index contributed by atoms with van der Waals surface area (Å²) < 4.78 is 0. The fourth-order valence-corrected chi connectivity index (χ4v) is 9.96. The van der Waals surface area contributed by atoms with Gasteiger partial charge in [0.05, 0.1) is 11.2 Å². The molecule has 0 amide bonds. The summed E-state index contributed by atoms with van der Waals surface area (Å²) >= 11 is 0. The van der Waals surface area contributed by atoms with Gasteiger partial charge in [0.2, 0.25) is 0 Å².